The van der Waals surface area contributed by atoms with Crippen molar-refractivity contribution in [2.24, 2.45) is 0 Å². The highest BCUT2D eigenvalue weighted by Gasteiger charge is 2.28. The first-order valence-corrected chi connectivity index (χ1v) is 7.88. The van der Waals surface area contributed by atoms with Crippen LogP contribution in [0.4, 0.5) is 11.5 Å². The first-order valence-electron chi connectivity index (χ1n) is 5.20. The van der Waals surface area contributed by atoms with Crippen molar-refractivity contribution in [3.63, 3.8) is 0 Å². The number of halogens is 2. The van der Waals surface area contributed by atoms with Crippen molar-refractivity contribution in [3.05, 3.63) is 18.3 Å². The maximum absolute atomic E-state index is 12.2. The second-order valence-electron chi connectivity index (χ2n) is 3.43. The standard InChI is InChI=1S/C9H15Cl2N4O2P/c10-3-6-15(7-4-11)18(16,17)14-9-8(12)2-1-5-13-9/h1-2,5H,3-4,6-7,12H2,(H2,13,14,16,17). The van der Waals surface area contributed by atoms with Gasteiger partial charge in [0.2, 0.25) is 0 Å². The average Bonchev–Trinajstić information content (AvgIpc) is 2.32. The monoisotopic (exact) mass is 312 g/mol. The van der Waals surface area contributed by atoms with Gasteiger partial charge in [-0.25, -0.2) is 14.2 Å². The third-order valence-corrected chi connectivity index (χ3v) is 4.17. The Morgan fingerprint density at radius 2 is 2.06 bits per heavy atom. The van der Waals surface area contributed by atoms with E-state index in [-0.39, 0.29) is 30.7 Å². The molecule has 1 atom stereocenters. The molecule has 0 saturated heterocycles. The molecule has 0 bridgehead atoms. The van der Waals surface area contributed by atoms with Crippen molar-refractivity contribution in [2.45, 2.75) is 0 Å². The summed E-state index contributed by atoms with van der Waals surface area (Å²) in [7, 11) is -3.81. The zero-order valence-electron chi connectivity index (χ0n) is 9.59. The van der Waals surface area contributed by atoms with E-state index in [9.17, 15) is 9.46 Å². The molecule has 1 aromatic rings. The van der Waals surface area contributed by atoms with Gasteiger partial charge in [0.15, 0.2) is 5.82 Å². The van der Waals surface area contributed by atoms with Gasteiger partial charge in [-0.3, -0.25) is 5.09 Å². The Morgan fingerprint density at radius 3 is 2.56 bits per heavy atom. The maximum Gasteiger partial charge on any atom is 0.367 e. The fraction of sp³-hybridized carbons (Fsp3) is 0.444. The van der Waals surface area contributed by atoms with Gasteiger partial charge in [0, 0.05) is 31.0 Å². The van der Waals surface area contributed by atoms with E-state index in [0.717, 1.165) is 0 Å². The predicted octanol–water partition coefficient (Wildman–Crippen LogP) is 1.96. The van der Waals surface area contributed by atoms with E-state index in [0.29, 0.717) is 5.69 Å². The Labute approximate surface area is 116 Å². The lowest BCUT2D eigenvalue weighted by atomic mass is 10.4. The molecule has 0 aliphatic carbocycles. The van der Waals surface area contributed by atoms with Gasteiger partial charge in [-0.1, -0.05) is 0 Å². The van der Waals surface area contributed by atoms with Gasteiger partial charge in [-0.2, -0.15) is 0 Å². The van der Waals surface area contributed by atoms with Crippen molar-refractivity contribution in [1.29, 1.82) is 0 Å². The molecule has 18 heavy (non-hydrogen) atoms. The summed E-state index contributed by atoms with van der Waals surface area (Å²) < 4.78 is 13.5. The molecule has 9 heteroatoms. The van der Waals surface area contributed by atoms with E-state index < -0.39 is 7.67 Å². The topological polar surface area (TPSA) is 91.5 Å². The van der Waals surface area contributed by atoms with Crippen LogP contribution >= 0.6 is 30.9 Å². The Kier molecular flexibility index (Phi) is 6.18. The number of anilines is 2. The molecule has 0 amide bonds. The van der Waals surface area contributed by atoms with Crippen molar-refractivity contribution >= 4 is 42.4 Å². The van der Waals surface area contributed by atoms with Crippen LogP contribution in [0, 0.1) is 0 Å². The van der Waals surface area contributed by atoms with Gasteiger partial charge < -0.3 is 10.6 Å². The molecule has 0 spiro atoms. The Morgan fingerprint density at radius 1 is 1.44 bits per heavy atom. The summed E-state index contributed by atoms with van der Waals surface area (Å²) in [5.74, 6) is 0.610. The molecular formula is C9H15Cl2N4O2P. The van der Waals surface area contributed by atoms with Crippen LogP contribution in [0.25, 0.3) is 0 Å². The van der Waals surface area contributed by atoms with E-state index in [1.165, 1.54) is 10.9 Å². The summed E-state index contributed by atoms with van der Waals surface area (Å²) in [5, 5.41) is 2.44. The smallest absolute Gasteiger partial charge is 0.367 e. The third-order valence-electron chi connectivity index (χ3n) is 2.16. The molecule has 0 aliphatic rings. The van der Waals surface area contributed by atoms with Crippen LogP contribution in [-0.2, 0) is 4.57 Å². The van der Waals surface area contributed by atoms with Crippen LogP contribution in [0.15, 0.2) is 18.3 Å². The van der Waals surface area contributed by atoms with E-state index in [1.54, 1.807) is 12.1 Å². The molecule has 0 radical (unpaired) electrons. The maximum atomic E-state index is 12.2. The van der Waals surface area contributed by atoms with Crippen LogP contribution < -0.4 is 10.8 Å². The number of nitrogen functional groups attached to an aromatic ring is 1. The van der Waals surface area contributed by atoms with Crippen LogP contribution in [0.5, 0.6) is 0 Å². The molecule has 0 aromatic carbocycles. The second-order valence-corrected chi connectivity index (χ2v) is 6.06. The van der Waals surface area contributed by atoms with Gasteiger partial charge >= 0.3 is 7.67 Å². The Bertz CT molecular complexity index is 429. The molecular weight excluding hydrogens is 298 g/mol. The molecule has 0 aliphatic heterocycles. The number of hydrogen-bond acceptors (Lipinski definition) is 3. The van der Waals surface area contributed by atoms with Crippen LogP contribution in [0.1, 0.15) is 0 Å². The third kappa shape index (κ3) is 4.30. The van der Waals surface area contributed by atoms with E-state index in [4.69, 9.17) is 28.9 Å². The van der Waals surface area contributed by atoms with Crippen LogP contribution in [0.2, 0.25) is 0 Å². The summed E-state index contributed by atoms with van der Waals surface area (Å²) in [4.78, 5) is 13.9. The van der Waals surface area contributed by atoms with E-state index in [1.807, 2.05) is 0 Å². The lowest BCUT2D eigenvalue weighted by molar-refractivity contribution is 0.372. The number of aromatic nitrogens is 1. The number of alkyl halides is 2. The minimum atomic E-state index is -3.81. The van der Waals surface area contributed by atoms with Crippen molar-refractivity contribution in [3.8, 4) is 0 Å². The number of nitrogens with zero attached hydrogens (tertiary/aromatic N) is 2. The molecule has 1 heterocycles. The Balaban J connectivity index is 2.85. The number of nitrogens with two attached hydrogens (primary N) is 1. The van der Waals surface area contributed by atoms with Gasteiger partial charge in [0.05, 0.1) is 5.69 Å². The highest BCUT2D eigenvalue weighted by atomic mass is 35.5. The molecule has 102 valence electrons. The van der Waals surface area contributed by atoms with E-state index in [2.05, 4.69) is 10.1 Å². The van der Waals surface area contributed by atoms with Gasteiger partial charge in [0.1, 0.15) is 0 Å². The molecule has 6 nitrogen and oxygen atoms in total. The average molecular weight is 313 g/mol. The SMILES string of the molecule is Nc1cccnc1NP(=O)(O)N(CCCl)CCCl. The number of rotatable bonds is 7. The summed E-state index contributed by atoms with van der Waals surface area (Å²) in [6.07, 6.45) is 1.48. The zero-order chi connectivity index (χ0) is 13.6. The number of hydrogen-bond donors (Lipinski definition) is 3. The normalized spacial score (nSPS) is 14.4. The molecule has 1 aromatic heterocycles. The number of pyridine rings is 1. The highest BCUT2D eigenvalue weighted by molar-refractivity contribution is 7.57. The second kappa shape index (κ2) is 7.16. The largest absolute Gasteiger partial charge is 0.396 e. The minimum Gasteiger partial charge on any atom is -0.396 e. The molecule has 0 fully saturated rings. The number of nitrogens with one attached hydrogen (secondary N) is 1. The fourth-order valence-electron chi connectivity index (χ4n) is 1.30. The lowest BCUT2D eigenvalue weighted by Gasteiger charge is -2.26. The van der Waals surface area contributed by atoms with Crippen molar-refractivity contribution in [1.82, 2.24) is 9.65 Å². The zero-order valence-corrected chi connectivity index (χ0v) is 12.0. The quantitative estimate of drug-likeness (QED) is 0.526. The minimum absolute atomic E-state index is 0.164. The Hall–Kier alpha value is -0.520. The van der Waals surface area contributed by atoms with Gasteiger partial charge in [0.25, 0.3) is 0 Å². The summed E-state index contributed by atoms with van der Waals surface area (Å²) >= 11 is 11.2. The fourth-order valence-corrected chi connectivity index (χ4v) is 3.29. The van der Waals surface area contributed by atoms with Crippen LogP contribution in [-0.4, -0.2) is 39.4 Å². The highest BCUT2D eigenvalue weighted by Crippen LogP contribution is 2.45. The van der Waals surface area contributed by atoms with Crippen molar-refractivity contribution in [2.75, 3.05) is 35.7 Å². The van der Waals surface area contributed by atoms with Gasteiger partial charge in [-0.05, 0) is 12.1 Å². The molecule has 1 rings (SSSR count). The first-order chi connectivity index (χ1) is 8.51. The van der Waals surface area contributed by atoms with Gasteiger partial charge in [-0.15, -0.1) is 23.2 Å². The molecule has 0 saturated carbocycles. The predicted molar refractivity (Wildman–Crippen MR) is 75.1 cm³/mol. The summed E-state index contributed by atoms with van der Waals surface area (Å²) in [6.45, 7) is 0.476. The molecule has 1 unspecified atom stereocenters. The molecule has 4 N–H and O–H groups in total. The van der Waals surface area contributed by atoms with Crippen LogP contribution in [0.3, 0.4) is 0 Å². The summed E-state index contributed by atoms with van der Waals surface area (Å²) in [6, 6.07) is 3.22. The summed E-state index contributed by atoms with van der Waals surface area (Å²) in [5.41, 5.74) is 5.94. The lowest BCUT2D eigenvalue weighted by Crippen LogP contribution is -2.28. The van der Waals surface area contributed by atoms with E-state index >= 15 is 0 Å². The first kappa shape index (κ1) is 15.5. The van der Waals surface area contributed by atoms with Crippen molar-refractivity contribution < 1.29 is 9.46 Å².